The number of nitrogens with zero attached hydrogens (tertiary/aromatic N) is 1. The molecule has 2 aromatic carbocycles. The van der Waals surface area contributed by atoms with Gasteiger partial charge in [0.2, 0.25) is 23.5 Å². The number of methoxy groups -OCH3 is 1. The zero-order valence-electron chi connectivity index (χ0n) is 35.7. The molecule has 1 aliphatic carbocycles. The van der Waals surface area contributed by atoms with Crippen LogP contribution in [0.2, 0.25) is 5.02 Å². The van der Waals surface area contributed by atoms with E-state index in [1.165, 1.54) is 11.3 Å². The van der Waals surface area contributed by atoms with Crippen molar-refractivity contribution in [2.24, 2.45) is 11.3 Å². The molecule has 4 aliphatic rings. The van der Waals surface area contributed by atoms with Crippen LogP contribution in [0.25, 0.3) is 5.70 Å². The van der Waals surface area contributed by atoms with Crippen LogP contribution in [0.4, 0.5) is 0 Å². The number of Topliss-reactive ketones (excluding diaryl/α,β-unsaturated/α-hetero) is 1. The minimum Gasteiger partial charge on any atom is -0.497 e. The Morgan fingerprint density at radius 2 is 1.72 bits per heavy atom. The van der Waals surface area contributed by atoms with E-state index in [2.05, 4.69) is 21.4 Å². The lowest BCUT2D eigenvalue weighted by molar-refractivity contribution is -0.145. The highest BCUT2D eigenvalue weighted by Gasteiger charge is 2.54. The molecule has 13 nitrogen and oxygen atoms in total. The number of ether oxygens (including phenoxy) is 2. The van der Waals surface area contributed by atoms with Gasteiger partial charge in [0.1, 0.15) is 23.4 Å². The third-order valence-corrected chi connectivity index (χ3v) is 12.9. The minimum atomic E-state index is -1.14. The van der Waals surface area contributed by atoms with E-state index in [9.17, 15) is 24.0 Å². The lowest BCUT2D eigenvalue weighted by Gasteiger charge is -2.38. The van der Waals surface area contributed by atoms with Crippen molar-refractivity contribution in [2.45, 2.75) is 127 Å². The number of halogens is 1. The first-order chi connectivity index (χ1) is 28.7. The molecule has 60 heavy (non-hydrogen) atoms. The van der Waals surface area contributed by atoms with Crippen LogP contribution in [0.5, 0.6) is 5.75 Å². The number of amides is 4. The molecule has 0 bridgehead atoms. The van der Waals surface area contributed by atoms with Crippen LogP contribution >= 0.6 is 11.6 Å². The number of rotatable bonds is 15. The Labute approximate surface area is 359 Å². The summed E-state index contributed by atoms with van der Waals surface area (Å²) in [5.41, 5.74) is 3.11. The third kappa shape index (κ3) is 10.7. The highest BCUT2D eigenvalue weighted by atomic mass is 35.5. The smallest absolute Gasteiger partial charge is 0.289 e. The molecule has 0 aromatic heterocycles. The zero-order chi connectivity index (χ0) is 43.1. The molecule has 326 valence electrons. The topological polar surface area (TPSA) is 164 Å². The second-order valence-corrected chi connectivity index (χ2v) is 18.6. The molecule has 4 atom stereocenters. The van der Waals surface area contributed by atoms with Crippen LogP contribution < -0.4 is 26.2 Å². The van der Waals surface area contributed by atoms with Gasteiger partial charge in [0.25, 0.3) is 5.91 Å². The van der Waals surface area contributed by atoms with Gasteiger partial charge in [-0.15, -0.1) is 0 Å². The van der Waals surface area contributed by atoms with Crippen LogP contribution in [0.15, 0.2) is 54.6 Å². The van der Waals surface area contributed by atoms with E-state index in [-0.39, 0.29) is 37.8 Å². The lowest BCUT2D eigenvalue weighted by atomic mass is 9.74. The van der Waals surface area contributed by atoms with Gasteiger partial charge in [0.05, 0.1) is 25.4 Å². The summed E-state index contributed by atoms with van der Waals surface area (Å²) < 4.78 is 11.0. The molecule has 0 unspecified atom stereocenters. The molecule has 14 heteroatoms. The van der Waals surface area contributed by atoms with Gasteiger partial charge in [0.15, 0.2) is 0 Å². The Morgan fingerprint density at radius 1 is 1.00 bits per heavy atom. The van der Waals surface area contributed by atoms with E-state index in [0.29, 0.717) is 55.4 Å². The van der Waals surface area contributed by atoms with Crippen LogP contribution in [-0.2, 0) is 39.0 Å². The van der Waals surface area contributed by atoms with E-state index >= 15 is 0 Å². The summed E-state index contributed by atoms with van der Waals surface area (Å²) >= 11 is 6.31. The van der Waals surface area contributed by atoms with Gasteiger partial charge in [0, 0.05) is 48.6 Å². The number of ketones is 1. The van der Waals surface area contributed by atoms with Crippen molar-refractivity contribution in [2.75, 3.05) is 33.4 Å². The summed E-state index contributed by atoms with van der Waals surface area (Å²) in [6.07, 6.45) is 9.59. The molecule has 6 rings (SSSR count). The van der Waals surface area contributed by atoms with Crippen LogP contribution in [0.3, 0.4) is 0 Å². The fraction of sp³-hybridized carbons (Fsp3) is 0.587. The van der Waals surface area contributed by atoms with E-state index in [4.69, 9.17) is 25.9 Å². The van der Waals surface area contributed by atoms with Gasteiger partial charge in [-0.05, 0) is 79.3 Å². The first-order valence-corrected chi connectivity index (χ1v) is 21.9. The minimum absolute atomic E-state index is 0.00387. The maximum Gasteiger partial charge on any atom is 0.289 e. The standard InChI is InChI=1S/C46H62ClN5O8/c1-6-11-35(39(54)42(56)48-28-45(20-22-59-23-21-45)32-16-18-34(58-5)19-17-32)49-41(55)37-27-46(26-36(51-60-46)31-14-10-15-33(47)25-31)29-52(37)43(57)40(44(2,3)4)50-38(53)24-30-12-8-7-9-13-30/h10,14-19,25-26,30,35,37,40,51H,6-9,11-13,20-24,27-29H2,1-5H3,(H,48,56)(H,49,55)(H,50,53)/t35-,37-,40+,46+/m0/s1. The molecule has 4 N–H and O–H groups in total. The second-order valence-electron chi connectivity index (χ2n) is 18.1. The third-order valence-electron chi connectivity index (χ3n) is 12.6. The Morgan fingerprint density at radius 3 is 2.37 bits per heavy atom. The highest BCUT2D eigenvalue weighted by molar-refractivity contribution is 6.38. The van der Waals surface area contributed by atoms with Crippen molar-refractivity contribution < 1.29 is 38.3 Å². The number of benzene rings is 2. The summed E-state index contributed by atoms with van der Waals surface area (Å²) in [5.74, 6) is -1.79. The normalized spacial score (nSPS) is 22.6. The van der Waals surface area contributed by atoms with Gasteiger partial charge in [-0.3, -0.25) is 34.3 Å². The Hall–Kier alpha value is -4.46. The first kappa shape index (κ1) is 45.1. The summed E-state index contributed by atoms with van der Waals surface area (Å²) in [6.45, 7) is 8.75. The predicted octanol–water partition coefficient (Wildman–Crippen LogP) is 5.78. The van der Waals surface area contributed by atoms with Gasteiger partial charge in [-0.25, -0.2) is 0 Å². The van der Waals surface area contributed by atoms with Gasteiger partial charge >= 0.3 is 0 Å². The molecular formula is C46H62ClN5O8. The summed E-state index contributed by atoms with van der Waals surface area (Å²) in [6, 6.07) is 11.8. The van der Waals surface area contributed by atoms with Crippen LogP contribution in [-0.4, -0.2) is 91.5 Å². The molecule has 3 heterocycles. The maximum atomic E-state index is 14.8. The van der Waals surface area contributed by atoms with Crippen molar-refractivity contribution in [1.29, 1.82) is 0 Å². The average Bonchev–Trinajstić information content (AvgIpc) is 3.84. The van der Waals surface area contributed by atoms with Gasteiger partial charge in [-0.1, -0.05) is 89.2 Å². The van der Waals surface area contributed by atoms with Gasteiger partial charge < -0.3 is 30.3 Å². The molecule has 1 spiro atoms. The lowest BCUT2D eigenvalue weighted by Crippen LogP contribution is -2.59. The van der Waals surface area contributed by atoms with E-state index in [1.807, 2.05) is 70.2 Å². The fourth-order valence-electron chi connectivity index (χ4n) is 9.10. The predicted molar refractivity (Wildman–Crippen MR) is 229 cm³/mol. The summed E-state index contributed by atoms with van der Waals surface area (Å²) in [7, 11) is 1.60. The van der Waals surface area contributed by atoms with E-state index in [1.54, 1.807) is 19.2 Å². The molecule has 2 aromatic rings. The van der Waals surface area contributed by atoms with Gasteiger partial charge in [-0.2, -0.15) is 0 Å². The number of carbonyl (C=O) groups excluding carboxylic acids is 5. The first-order valence-electron chi connectivity index (χ1n) is 21.5. The Kier molecular flexibility index (Phi) is 14.7. The molecular weight excluding hydrogens is 786 g/mol. The average molecular weight is 848 g/mol. The molecule has 4 amide bonds. The number of nitrogens with one attached hydrogen (secondary N) is 4. The second kappa shape index (κ2) is 19.5. The molecule has 3 aliphatic heterocycles. The molecule has 1 saturated carbocycles. The largest absolute Gasteiger partial charge is 0.497 e. The van der Waals surface area contributed by atoms with E-state index in [0.717, 1.165) is 36.8 Å². The van der Waals surface area contributed by atoms with Crippen molar-refractivity contribution in [3.05, 3.63) is 70.8 Å². The quantitative estimate of drug-likeness (QED) is 0.163. The molecule has 3 fully saturated rings. The van der Waals surface area contributed by atoms with Crippen LogP contribution in [0.1, 0.15) is 109 Å². The Bertz CT molecular complexity index is 1900. The molecule has 2 saturated heterocycles. The van der Waals surface area contributed by atoms with E-state index < -0.39 is 58.1 Å². The highest BCUT2D eigenvalue weighted by Crippen LogP contribution is 2.40. The zero-order valence-corrected chi connectivity index (χ0v) is 36.5. The SMILES string of the molecule is CCC[C@H](NC(=O)[C@@H]1C[C@]2(C=C(c3cccc(Cl)c3)NO2)CN1C(=O)[C@@H](NC(=O)CC1CCCCC1)C(C)(C)C)C(=O)C(=O)NCC1(c2ccc(OC)cc2)CCOCC1. The fourth-order valence-corrected chi connectivity index (χ4v) is 9.29. The van der Waals surface area contributed by atoms with Crippen molar-refractivity contribution in [3.8, 4) is 5.75 Å². The number of likely N-dealkylation sites (tertiary alicyclic amines) is 1. The van der Waals surface area contributed by atoms with Crippen molar-refractivity contribution in [3.63, 3.8) is 0 Å². The number of hydroxylamine groups is 1. The number of hydrogen-bond acceptors (Lipinski definition) is 9. The monoisotopic (exact) mass is 847 g/mol. The van der Waals surface area contributed by atoms with Crippen LogP contribution in [0, 0.1) is 11.3 Å². The number of hydrogen-bond donors (Lipinski definition) is 4. The summed E-state index contributed by atoms with van der Waals surface area (Å²) in [4.78, 5) is 78.2. The maximum absolute atomic E-state index is 14.8. The molecule has 0 radical (unpaired) electrons. The number of carbonyl (C=O) groups is 5. The Balaban J connectivity index is 1.22. The van der Waals surface area contributed by atoms with Crippen molar-refractivity contribution in [1.82, 2.24) is 26.3 Å². The van der Waals surface area contributed by atoms with Crippen molar-refractivity contribution >= 4 is 46.7 Å². The summed E-state index contributed by atoms with van der Waals surface area (Å²) in [5, 5.41) is 9.34.